The first-order chi connectivity index (χ1) is 13.4. The van der Waals surface area contributed by atoms with Gasteiger partial charge in [0.25, 0.3) is 5.91 Å². The van der Waals surface area contributed by atoms with Crippen LogP contribution in [0.1, 0.15) is 36.8 Å². The van der Waals surface area contributed by atoms with E-state index in [0.29, 0.717) is 16.9 Å². The second kappa shape index (κ2) is 8.03. The van der Waals surface area contributed by atoms with E-state index in [1.54, 1.807) is 24.6 Å². The predicted octanol–water partition coefficient (Wildman–Crippen LogP) is 2.12. The number of allylic oxidation sites excluding steroid dienone is 1. The van der Waals surface area contributed by atoms with Crippen molar-refractivity contribution in [1.29, 1.82) is 0 Å². The number of amides is 1. The summed E-state index contributed by atoms with van der Waals surface area (Å²) in [6.07, 6.45) is 6.26. The van der Waals surface area contributed by atoms with Crippen molar-refractivity contribution in [3.63, 3.8) is 0 Å². The number of esters is 1. The second-order valence-electron chi connectivity index (χ2n) is 6.14. The van der Waals surface area contributed by atoms with Crippen LogP contribution in [-0.4, -0.2) is 42.9 Å². The summed E-state index contributed by atoms with van der Waals surface area (Å²) in [6.45, 7) is 8.30. The van der Waals surface area contributed by atoms with Gasteiger partial charge in [0.05, 0.1) is 24.2 Å². The van der Waals surface area contributed by atoms with Crippen molar-refractivity contribution >= 4 is 17.5 Å². The number of ether oxygens (including phenoxy) is 1. The lowest BCUT2D eigenvalue weighted by molar-refractivity contribution is -0.137. The average molecular weight is 382 g/mol. The molecule has 1 N–H and O–H groups in total. The van der Waals surface area contributed by atoms with Crippen LogP contribution in [0.15, 0.2) is 36.4 Å². The fourth-order valence-electron chi connectivity index (χ4n) is 2.83. The van der Waals surface area contributed by atoms with Gasteiger partial charge in [0.15, 0.2) is 5.65 Å². The number of nitrogens with one attached hydrogen (secondary N) is 1. The van der Waals surface area contributed by atoms with Crippen LogP contribution in [0.25, 0.3) is 16.9 Å². The molecule has 3 heterocycles. The molecule has 3 aromatic rings. The summed E-state index contributed by atoms with van der Waals surface area (Å²) in [7, 11) is 0. The molecule has 146 valence electrons. The number of carbonyl (C=O) groups excluding carboxylic acids is 2. The smallest absolute Gasteiger partial charge is 0.332 e. The first-order valence-electron chi connectivity index (χ1n) is 8.98. The standard InChI is InChI=1S/C19H22N6O3/c1-5-24-11-15(13(4)23-24)16-7-8-20-18-14(10-21-25(16)18)19(27)22-12(3)9-17(26)28-6-2/h7-11H,5-6H2,1-4H3,(H,22,27)/b12-9+. The van der Waals surface area contributed by atoms with Crippen LogP contribution in [0.2, 0.25) is 0 Å². The number of nitrogens with zero attached hydrogens (tertiary/aromatic N) is 5. The van der Waals surface area contributed by atoms with Crippen LogP contribution in [0.4, 0.5) is 0 Å². The van der Waals surface area contributed by atoms with Crippen LogP contribution in [0.5, 0.6) is 0 Å². The molecule has 0 aliphatic carbocycles. The number of aryl methyl sites for hydroxylation is 2. The van der Waals surface area contributed by atoms with Crippen molar-refractivity contribution in [2.75, 3.05) is 6.61 Å². The zero-order valence-electron chi connectivity index (χ0n) is 16.3. The molecule has 0 aliphatic heterocycles. The van der Waals surface area contributed by atoms with Gasteiger partial charge in [-0.3, -0.25) is 9.48 Å². The maximum absolute atomic E-state index is 12.6. The number of aromatic nitrogens is 5. The quantitative estimate of drug-likeness (QED) is 0.517. The van der Waals surface area contributed by atoms with E-state index in [9.17, 15) is 9.59 Å². The molecule has 28 heavy (non-hydrogen) atoms. The number of fused-ring (bicyclic) bond motifs is 1. The molecule has 3 rings (SSSR count). The Bertz CT molecular complexity index is 1060. The summed E-state index contributed by atoms with van der Waals surface area (Å²) in [5.41, 5.74) is 3.67. The molecule has 0 saturated heterocycles. The molecule has 9 heteroatoms. The minimum Gasteiger partial charge on any atom is -0.463 e. The van der Waals surface area contributed by atoms with Gasteiger partial charge in [-0.2, -0.15) is 10.2 Å². The second-order valence-corrected chi connectivity index (χ2v) is 6.14. The van der Waals surface area contributed by atoms with Gasteiger partial charge in [0.2, 0.25) is 0 Å². The fraction of sp³-hybridized carbons (Fsp3) is 0.316. The van der Waals surface area contributed by atoms with Crippen molar-refractivity contribution in [1.82, 2.24) is 29.7 Å². The molecular weight excluding hydrogens is 360 g/mol. The van der Waals surface area contributed by atoms with E-state index in [0.717, 1.165) is 23.5 Å². The van der Waals surface area contributed by atoms with E-state index < -0.39 is 11.9 Å². The van der Waals surface area contributed by atoms with Crippen molar-refractivity contribution in [3.8, 4) is 11.3 Å². The van der Waals surface area contributed by atoms with Gasteiger partial charge in [-0.15, -0.1) is 0 Å². The molecule has 0 aromatic carbocycles. The zero-order valence-corrected chi connectivity index (χ0v) is 16.3. The molecule has 0 fully saturated rings. The van der Waals surface area contributed by atoms with Crippen molar-refractivity contribution in [3.05, 3.63) is 47.7 Å². The van der Waals surface area contributed by atoms with Crippen LogP contribution in [-0.2, 0) is 16.1 Å². The van der Waals surface area contributed by atoms with Crippen LogP contribution in [0, 0.1) is 6.92 Å². The summed E-state index contributed by atoms with van der Waals surface area (Å²) in [6, 6.07) is 1.83. The van der Waals surface area contributed by atoms with Crippen molar-refractivity contribution in [2.45, 2.75) is 34.2 Å². The van der Waals surface area contributed by atoms with Crippen molar-refractivity contribution in [2.24, 2.45) is 0 Å². The Kier molecular flexibility index (Phi) is 5.53. The van der Waals surface area contributed by atoms with E-state index in [2.05, 4.69) is 20.5 Å². The summed E-state index contributed by atoms with van der Waals surface area (Å²) >= 11 is 0. The minimum absolute atomic E-state index is 0.269. The Hall–Kier alpha value is -3.49. The molecule has 0 saturated carbocycles. The van der Waals surface area contributed by atoms with Gasteiger partial charge in [-0.05, 0) is 33.8 Å². The van der Waals surface area contributed by atoms with Gasteiger partial charge >= 0.3 is 5.97 Å². The predicted molar refractivity (Wildman–Crippen MR) is 102 cm³/mol. The van der Waals surface area contributed by atoms with E-state index in [4.69, 9.17) is 4.74 Å². The first-order valence-corrected chi connectivity index (χ1v) is 8.98. The molecule has 0 bridgehead atoms. The number of carbonyl (C=O) groups is 2. The van der Waals surface area contributed by atoms with E-state index >= 15 is 0 Å². The topological polar surface area (TPSA) is 103 Å². The molecule has 0 atom stereocenters. The van der Waals surface area contributed by atoms with Crippen LogP contribution >= 0.6 is 0 Å². The van der Waals surface area contributed by atoms with Crippen molar-refractivity contribution < 1.29 is 14.3 Å². The lowest BCUT2D eigenvalue weighted by atomic mass is 10.2. The molecule has 1 amide bonds. The molecule has 0 unspecified atom stereocenters. The van der Waals surface area contributed by atoms with Crippen LogP contribution < -0.4 is 5.32 Å². The van der Waals surface area contributed by atoms with E-state index in [1.165, 1.54) is 12.3 Å². The summed E-state index contributed by atoms with van der Waals surface area (Å²) in [5, 5.41) is 11.5. The fourth-order valence-corrected chi connectivity index (χ4v) is 2.83. The Morgan fingerprint density at radius 3 is 2.79 bits per heavy atom. The third-order valence-corrected chi connectivity index (χ3v) is 4.12. The Balaban J connectivity index is 1.93. The maximum atomic E-state index is 12.6. The summed E-state index contributed by atoms with van der Waals surface area (Å²) in [4.78, 5) is 28.4. The normalized spacial score (nSPS) is 11.6. The molecule has 0 aliphatic rings. The third kappa shape index (κ3) is 3.78. The Labute approximate surface area is 162 Å². The summed E-state index contributed by atoms with van der Waals surface area (Å²) in [5.74, 6) is -0.914. The lowest BCUT2D eigenvalue weighted by Crippen LogP contribution is -2.22. The highest BCUT2D eigenvalue weighted by atomic mass is 16.5. The third-order valence-electron chi connectivity index (χ3n) is 4.12. The highest BCUT2D eigenvalue weighted by molar-refractivity contribution is 6.01. The first kappa shape index (κ1) is 19.3. The molecule has 0 spiro atoms. The Morgan fingerprint density at radius 1 is 1.32 bits per heavy atom. The SMILES string of the molecule is CCOC(=O)/C=C(\C)NC(=O)c1cnn2c(-c3cn(CC)nc3C)ccnc12. The van der Waals surface area contributed by atoms with Gasteiger partial charge in [0.1, 0.15) is 5.56 Å². The van der Waals surface area contributed by atoms with Crippen LogP contribution in [0.3, 0.4) is 0 Å². The monoisotopic (exact) mass is 382 g/mol. The average Bonchev–Trinajstić information content (AvgIpc) is 3.24. The maximum Gasteiger partial charge on any atom is 0.332 e. The van der Waals surface area contributed by atoms with E-state index in [-0.39, 0.29) is 6.61 Å². The highest BCUT2D eigenvalue weighted by Crippen LogP contribution is 2.23. The number of rotatable bonds is 6. The van der Waals surface area contributed by atoms with E-state index in [1.807, 2.05) is 30.8 Å². The molecule has 3 aromatic heterocycles. The number of hydrogen-bond donors (Lipinski definition) is 1. The van der Waals surface area contributed by atoms with Gasteiger partial charge in [-0.1, -0.05) is 0 Å². The molecule has 0 radical (unpaired) electrons. The summed E-state index contributed by atoms with van der Waals surface area (Å²) < 4.78 is 8.30. The Morgan fingerprint density at radius 2 is 2.11 bits per heavy atom. The van der Waals surface area contributed by atoms with Gasteiger partial charge in [0, 0.05) is 36.3 Å². The highest BCUT2D eigenvalue weighted by Gasteiger charge is 2.18. The number of hydrogen-bond acceptors (Lipinski definition) is 6. The molecule has 9 nitrogen and oxygen atoms in total. The van der Waals surface area contributed by atoms with Gasteiger partial charge in [-0.25, -0.2) is 14.3 Å². The molecular formula is C19H22N6O3. The minimum atomic E-state index is -0.510. The zero-order chi connectivity index (χ0) is 20.3. The lowest BCUT2D eigenvalue weighted by Gasteiger charge is -2.05. The van der Waals surface area contributed by atoms with Gasteiger partial charge < -0.3 is 10.1 Å². The largest absolute Gasteiger partial charge is 0.463 e.